The minimum absolute atomic E-state index is 0.00574. The van der Waals surface area contributed by atoms with Crippen LogP contribution in [0.15, 0.2) is 30.3 Å². The highest BCUT2D eigenvalue weighted by Crippen LogP contribution is 2.12. The normalized spacial score (nSPS) is 12.5. The fraction of sp³-hybridized carbons (Fsp3) is 0.385. The molecule has 1 atom stereocenters. The number of aldehydes is 1. The molecule has 1 rings (SSSR count). The lowest BCUT2D eigenvalue weighted by Crippen LogP contribution is -2.23. The first-order chi connectivity index (χ1) is 7.15. The second kappa shape index (κ2) is 5.44. The largest absolute Gasteiger partial charge is 0.303 e. The summed E-state index contributed by atoms with van der Waals surface area (Å²) in [5.74, 6) is -0.380. The van der Waals surface area contributed by atoms with Crippen LogP contribution in [0.1, 0.15) is 19.4 Å². The predicted molar refractivity (Wildman–Crippen MR) is 59.5 cm³/mol. The van der Waals surface area contributed by atoms with Crippen molar-refractivity contribution >= 4 is 12.1 Å². The zero-order valence-electron chi connectivity index (χ0n) is 9.14. The van der Waals surface area contributed by atoms with Gasteiger partial charge in [0.1, 0.15) is 12.1 Å². The Hall–Kier alpha value is -1.44. The average molecular weight is 204 g/mol. The van der Waals surface area contributed by atoms with Gasteiger partial charge < -0.3 is 4.79 Å². The van der Waals surface area contributed by atoms with Gasteiger partial charge >= 0.3 is 0 Å². The van der Waals surface area contributed by atoms with Crippen molar-refractivity contribution in [3.63, 3.8) is 0 Å². The highest BCUT2D eigenvalue weighted by atomic mass is 16.1. The van der Waals surface area contributed by atoms with Gasteiger partial charge in [0.25, 0.3) is 0 Å². The number of Topliss-reactive ketones (excluding diaryl/α,β-unsaturated/α-hetero) is 1. The topological polar surface area (TPSA) is 34.1 Å². The monoisotopic (exact) mass is 204 g/mol. The molecule has 1 unspecified atom stereocenters. The van der Waals surface area contributed by atoms with Gasteiger partial charge in [-0.05, 0) is 11.5 Å². The molecular weight excluding hydrogens is 188 g/mol. The summed E-state index contributed by atoms with van der Waals surface area (Å²) in [6, 6.07) is 9.51. The summed E-state index contributed by atoms with van der Waals surface area (Å²) >= 11 is 0. The molecule has 0 fully saturated rings. The minimum atomic E-state index is -0.467. The third-order valence-electron chi connectivity index (χ3n) is 2.46. The quantitative estimate of drug-likeness (QED) is 0.544. The number of ketones is 1. The number of benzene rings is 1. The number of carbonyl (C=O) groups excluding carboxylic acids is 2. The van der Waals surface area contributed by atoms with Crippen LogP contribution in [-0.2, 0) is 16.0 Å². The second-order valence-electron chi connectivity index (χ2n) is 4.03. The van der Waals surface area contributed by atoms with Crippen molar-refractivity contribution in [2.24, 2.45) is 11.8 Å². The van der Waals surface area contributed by atoms with Gasteiger partial charge in [-0.3, -0.25) is 4.79 Å². The van der Waals surface area contributed by atoms with E-state index >= 15 is 0 Å². The van der Waals surface area contributed by atoms with Gasteiger partial charge in [-0.1, -0.05) is 44.2 Å². The number of rotatable bonds is 5. The Morgan fingerprint density at radius 1 is 1.27 bits per heavy atom. The molecular formula is C13H16O2. The van der Waals surface area contributed by atoms with E-state index in [2.05, 4.69) is 0 Å². The van der Waals surface area contributed by atoms with Gasteiger partial charge in [0.05, 0.1) is 5.92 Å². The maximum atomic E-state index is 11.8. The molecule has 2 nitrogen and oxygen atoms in total. The second-order valence-corrected chi connectivity index (χ2v) is 4.03. The third-order valence-corrected chi connectivity index (χ3v) is 2.46. The van der Waals surface area contributed by atoms with Crippen molar-refractivity contribution in [1.82, 2.24) is 0 Å². The first-order valence-electron chi connectivity index (χ1n) is 5.17. The molecule has 0 bridgehead atoms. The van der Waals surface area contributed by atoms with E-state index in [1.165, 1.54) is 0 Å². The van der Waals surface area contributed by atoms with Crippen LogP contribution in [-0.4, -0.2) is 12.1 Å². The van der Waals surface area contributed by atoms with Gasteiger partial charge in [0.15, 0.2) is 0 Å². The summed E-state index contributed by atoms with van der Waals surface area (Å²) in [5.41, 5.74) is 0.968. The van der Waals surface area contributed by atoms with Gasteiger partial charge in [0, 0.05) is 6.42 Å². The van der Waals surface area contributed by atoms with Gasteiger partial charge in [-0.25, -0.2) is 0 Å². The number of carbonyl (C=O) groups is 2. The lowest BCUT2D eigenvalue weighted by Gasteiger charge is -2.12. The molecule has 0 radical (unpaired) electrons. The van der Waals surface area contributed by atoms with Gasteiger partial charge in [0.2, 0.25) is 0 Å². The molecule has 0 heterocycles. The van der Waals surface area contributed by atoms with Gasteiger partial charge in [-0.2, -0.15) is 0 Å². The van der Waals surface area contributed by atoms with Crippen LogP contribution in [0.5, 0.6) is 0 Å². The molecule has 0 saturated carbocycles. The van der Waals surface area contributed by atoms with Crippen molar-refractivity contribution in [1.29, 1.82) is 0 Å². The van der Waals surface area contributed by atoms with E-state index in [1.807, 2.05) is 44.2 Å². The summed E-state index contributed by atoms with van der Waals surface area (Å²) in [7, 11) is 0. The van der Waals surface area contributed by atoms with Crippen LogP contribution in [0.2, 0.25) is 0 Å². The van der Waals surface area contributed by atoms with Crippen molar-refractivity contribution < 1.29 is 9.59 Å². The van der Waals surface area contributed by atoms with Crippen molar-refractivity contribution in [3.05, 3.63) is 35.9 Å². The Bertz CT molecular complexity index is 328. The Kier molecular flexibility index (Phi) is 4.22. The van der Waals surface area contributed by atoms with Crippen LogP contribution >= 0.6 is 0 Å². The van der Waals surface area contributed by atoms with Crippen molar-refractivity contribution in [3.8, 4) is 0 Å². The summed E-state index contributed by atoms with van der Waals surface area (Å²) in [6.07, 6.45) is 1.11. The molecule has 2 heteroatoms. The van der Waals surface area contributed by atoms with E-state index in [-0.39, 0.29) is 11.7 Å². The minimum Gasteiger partial charge on any atom is -0.303 e. The first kappa shape index (κ1) is 11.6. The van der Waals surface area contributed by atoms with Crippen LogP contribution in [0.3, 0.4) is 0 Å². The van der Waals surface area contributed by atoms with Crippen LogP contribution in [0.4, 0.5) is 0 Å². The van der Waals surface area contributed by atoms with Crippen LogP contribution in [0.25, 0.3) is 0 Å². The highest BCUT2D eigenvalue weighted by molar-refractivity contribution is 5.94. The number of hydrogen-bond acceptors (Lipinski definition) is 2. The Balaban J connectivity index is 2.66. The summed E-state index contributed by atoms with van der Waals surface area (Å²) in [5, 5.41) is 0. The molecule has 0 N–H and O–H groups in total. The van der Waals surface area contributed by atoms with E-state index < -0.39 is 5.92 Å². The molecule has 80 valence electrons. The van der Waals surface area contributed by atoms with E-state index in [4.69, 9.17) is 0 Å². The molecule has 0 saturated heterocycles. The number of hydrogen-bond donors (Lipinski definition) is 0. The molecule has 15 heavy (non-hydrogen) atoms. The zero-order chi connectivity index (χ0) is 11.3. The summed E-state index contributed by atoms with van der Waals surface area (Å²) < 4.78 is 0. The lowest BCUT2D eigenvalue weighted by atomic mass is 9.90. The Labute approximate surface area is 90.3 Å². The third kappa shape index (κ3) is 3.31. The fourth-order valence-electron chi connectivity index (χ4n) is 1.52. The zero-order valence-corrected chi connectivity index (χ0v) is 9.14. The van der Waals surface area contributed by atoms with E-state index in [9.17, 15) is 9.59 Å². The van der Waals surface area contributed by atoms with Crippen molar-refractivity contribution in [2.45, 2.75) is 20.3 Å². The summed E-state index contributed by atoms with van der Waals surface area (Å²) in [6.45, 7) is 3.78. The Morgan fingerprint density at radius 3 is 2.33 bits per heavy atom. The fourth-order valence-corrected chi connectivity index (χ4v) is 1.52. The molecule has 0 aliphatic heterocycles. The van der Waals surface area contributed by atoms with E-state index in [0.717, 1.165) is 11.8 Å². The molecule has 1 aromatic carbocycles. The van der Waals surface area contributed by atoms with E-state index in [0.29, 0.717) is 6.42 Å². The highest BCUT2D eigenvalue weighted by Gasteiger charge is 2.20. The molecule has 1 aromatic rings. The predicted octanol–water partition coefficient (Wildman–Crippen LogP) is 2.27. The smallest absolute Gasteiger partial charge is 0.147 e. The molecule has 0 aliphatic rings. The summed E-state index contributed by atoms with van der Waals surface area (Å²) in [4.78, 5) is 22.5. The Morgan fingerprint density at radius 2 is 1.87 bits per heavy atom. The maximum Gasteiger partial charge on any atom is 0.147 e. The molecule has 0 spiro atoms. The lowest BCUT2D eigenvalue weighted by molar-refractivity contribution is -0.128. The van der Waals surface area contributed by atoms with Crippen LogP contribution in [0, 0.1) is 11.8 Å². The maximum absolute atomic E-state index is 11.8. The first-order valence-corrected chi connectivity index (χ1v) is 5.17. The van der Waals surface area contributed by atoms with Crippen LogP contribution < -0.4 is 0 Å². The molecule has 0 aliphatic carbocycles. The average Bonchev–Trinajstić information content (AvgIpc) is 2.19. The molecule has 0 aromatic heterocycles. The van der Waals surface area contributed by atoms with Gasteiger partial charge in [-0.15, -0.1) is 0 Å². The molecule has 0 amide bonds. The van der Waals surface area contributed by atoms with E-state index in [1.54, 1.807) is 0 Å². The standard InChI is InChI=1S/C13H16O2/c1-10(2)12(9-14)13(15)8-11-6-4-3-5-7-11/h3-7,9-10,12H,8H2,1-2H3. The SMILES string of the molecule is CC(C)C(C=O)C(=O)Cc1ccccc1. The van der Waals surface area contributed by atoms with Crippen molar-refractivity contribution in [2.75, 3.05) is 0 Å².